The van der Waals surface area contributed by atoms with Crippen LogP contribution in [-0.4, -0.2) is 38.4 Å². The van der Waals surface area contributed by atoms with Gasteiger partial charge in [0.15, 0.2) is 11.5 Å². The monoisotopic (exact) mass is 482 g/mol. The number of aliphatic hydroxyl groups is 1. The van der Waals surface area contributed by atoms with Crippen LogP contribution < -0.4 is 10.6 Å². The number of benzene rings is 1. The molecule has 2 aromatic rings. The van der Waals surface area contributed by atoms with Crippen molar-refractivity contribution in [1.29, 1.82) is 0 Å². The molecular formula is C26H28F2N4O3. The number of allylic oxidation sites excluding steroid dienone is 4. The minimum Gasteiger partial charge on any atom is -0.483 e. The number of hydrogen-bond donors (Lipinski definition) is 2. The molecule has 184 valence electrons. The summed E-state index contributed by atoms with van der Waals surface area (Å²) in [4.78, 5) is 11.5. The quantitative estimate of drug-likeness (QED) is 0.616. The Kier molecular flexibility index (Phi) is 6.08. The second kappa shape index (κ2) is 9.07. The van der Waals surface area contributed by atoms with E-state index in [1.54, 1.807) is 4.90 Å². The lowest BCUT2D eigenvalue weighted by Crippen LogP contribution is -2.60. The first-order valence-corrected chi connectivity index (χ1v) is 11.6. The highest BCUT2D eigenvalue weighted by Crippen LogP contribution is 2.42. The van der Waals surface area contributed by atoms with Crippen molar-refractivity contribution in [2.24, 2.45) is 11.8 Å². The Labute approximate surface area is 202 Å². The molecule has 0 saturated carbocycles. The highest BCUT2D eigenvalue weighted by Gasteiger charge is 2.47. The van der Waals surface area contributed by atoms with Crippen LogP contribution in [0.2, 0.25) is 0 Å². The summed E-state index contributed by atoms with van der Waals surface area (Å²) in [6.07, 6.45) is 7.40. The first-order chi connectivity index (χ1) is 16.8. The number of piperidine rings is 1. The van der Waals surface area contributed by atoms with E-state index >= 15 is 0 Å². The van der Waals surface area contributed by atoms with Crippen molar-refractivity contribution in [2.75, 3.05) is 13.2 Å². The maximum absolute atomic E-state index is 14.1. The summed E-state index contributed by atoms with van der Waals surface area (Å²) < 4.78 is 36.1. The summed E-state index contributed by atoms with van der Waals surface area (Å²) in [6, 6.07) is 5.94. The van der Waals surface area contributed by atoms with Gasteiger partial charge in [-0.15, -0.1) is 0 Å². The molecule has 9 heteroatoms. The molecule has 3 N–H and O–H groups in total. The predicted octanol–water partition coefficient (Wildman–Crippen LogP) is 4.37. The van der Waals surface area contributed by atoms with Crippen LogP contribution in [-0.2, 0) is 11.4 Å². The van der Waals surface area contributed by atoms with E-state index < -0.39 is 29.9 Å². The van der Waals surface area contributed by atoms with Crippen molar-refractivity contribution in [2.45, 2.75) is 38.5 Å². The van der Waals surface area contributed by atoms with Crippen molar-refractivity contribution in [3.05, 3.63) is 83.1 Å². The molecule has 2 aliphatic heterocycles. The lowest BCUT2D eigenvalue weighted by atomic mass is 9.85. The fraction of sp³-hybridized carbons (Fsp3) is 0.346. The second-order valence-electron chi connectivity index (χ2n) is 9.13. The molecule has 7 nitrogen and oxygen atoms in total. The zero-order chi connectivity index (χ0) is 24.7. The van der Waals surface area contributed by atoms with Crippen molar-refractivity contribution in [3.8, 4) is 11.4 Å². The number of nitrogens with two attached hydrogens (primary N) is 1. The summed E-state index contributed by atoms with van der Waals surface area (Å²) in [6.45, 7) is 6.49. The Hall–Kier alpha value is -3.27. The zero-order valence-corrected chi connectivity index (χ0v) is 19.5. The fourth-order valence-electron chi connectivity index (χ4n) is 5.19. The van der Waals surface area contributed by atoms with Crippen LogP contribution >= 0.6 is 0 Å². The number of rotatable bonds is 5. The molecule has 3 heterocycles. The van der Waals surface area contributed by atoms with Crippen LogP contribution in [0.5, 0.6) is 5.75 Å². The first kappa shape index (κ1) is 23.5. The Morgan fingerprint density at radius 2 is 2.23 bits per heavy atom. The molecule has 0 spiro atoms. The normalized spacial score (nSPS) is 22.7. The third-order valence-electron chi connectivity index (χ3n) is 6.90. The second-order valence-corrected chi connectivity index (χ2v) is 9.13. The van der Waals surface area contributed by atoms with Gasteiger partial charge in [0.05, 0.1) is 18.0 Å². The summed E-state index contributed by atoms with van der Waals surface area (Å²) in [7, 11) is 0. The van der Waals surface area contributed by atoms with Gasteiger partial charge in [0.2, 0.25) is 0 Å². The Morgan fingerprint density at radius 1 is 1.40 bits per heavy atom. The number of aryl methyl sites for hydroxylation is 1. The molecule has 0 radical (unpaired) electrons. The number of aromatic nitrogens is 2. The Balaban J connectivity index is 1.45. The van der Waals surface area contributed by atoms with Crippen molar-refractivity contribution >= 4 is 6.08 Å². The van der Waals surface area contributed by atoms with E-state index in [0.717, 1.165) is 53.0 Å². The van der Waals surface area contributed by atoms with Crippen LogP contribution in [0.25, 0.3) is 11.8 Å². The number of aliphatic hydroxyl groups excluding tert-OH is 1. The average molecular weight is 483 g/mol. The van der Waals surface area contributed by atoms with Crippen molar-refractivity contribution < 1.29 is 23.5 Å². The topological polar surface area (TPSA) is 85.8 Å². The molecule has 5 rings (SSSR count). The number of hydrogen-bond acceptors (Lipinski definition) is 6. The molecule has 3 aliphatic rings. The van der Waals surface area contributed by atoms with Gasteiger partial charge in [0, 0.05) is 36.9 Å². The molecule has 0 bridgehead atoms. The summed E-state index contributed by atoms with van der Waals surface area (Å²) >= 11 is 0. The first-order valence-electron chi connectivity index (χ1n) is 11.6. The number of nitrogens with zero attached hydrogens (tertiary/aromatic N) is 3. The third-order valence-corrected chi connectivity index (χ3v) is 6.90. The molecule has 1 aromatic heterocycles. The van der Waals surface area contributed by atoms with Crippen LogP contribution in [0, 0.1) is 12.8 Å². The lowest BCUT2D eigenvalue weighted by molar-refractivity contribution is -0.196. The zero-order valence-electron chi connectivity index (χ0n) is 19.5. The van der Waals surface area contributed by atoms with E-state index in [1.807, 2.05) is 42.0 Å². The molecular weight excluding hydrogens is 454 g/mol. The molecule has 2 atom stereocenters. The maximum Gasteiger partial charge on any atom is 0.191 e. The van der Waals surface area contributed by atoms with E-state index in [4.69, 9.17) is 15.5 Å². The van der Waals surface area contributed by atoms with Gasteiger partial charge >= 0.3 is 0 Å². The van der Waals surface area contributed by atoms with Gasteiger partial charge in [0.25, 0.3) is 0 Å². The Bertz CT molecular complexity index is 1260. The van der Waals surface area contributed by atoms with Gasteiger partial charge in [0.1, 0.15) is 24.0 Å². The van der Waals surface area contributed by atoms with Crippen molar-refractivity contribution in [1.82, 2.24) is 14.5 Å². The smallest absolute Gasteiger partial charge is 0.191 e. The number of ether oxygens (including phenoxy) is 1. The van der Waals surface area contributed by atoms with Crippen LogP contribution in [0.3, 0.4) is 0 Å². The number of imidazole rings is 1. The van der Waals surface area contributed by atoms with Crippen LogP contribution in [0.4, 0.5) is 8.78 Å². The molecule has 1 saturated heterocycles. The van der Waals surface area contributed by atoms with Gasteiger partial charge in [-0.05, 0) is 55.2 Å². The van der Waals surface area contributed by atoms with Crippen molar-refractivity contribution in [3.63, 3.8) is 0 Å². The summed E-state index contributed by atoms with van der Waals surface area (Å²) in [5, 5.41) is 10.3. The molecule has 1 aliphatic carbocycles. The summed E-state index contributed by atoms with van der Waals surface area (Å²) in [5.74, 6) is 5.10. The minimum atomic E-state index is -1.55. The van der Waals surface area contributed by atoms with E-state index in [9.17, 15) is 13.9 Å². The highest BCUT2D eigenvalue weighted by atomic mass is 19.1. The number of fused-ring (bicyclic) bond motifs is 3. The van der Waals surface area contributed by atoms with Gasteiger partial charge in [-0.1, -0.05) is 12.6 Å². The Morgan fingerprint density at radius 3 is 2.97 bits per heavy atom. The molecule has 35 heavy (non-hydrogen) atoms. The third kappa shape index (κ3) is 4.09. The van der Waals surface area contributed by atoms with Gasteiger partial charge in [-0.25, -0.2) is 19.7 Å². The number of likely N-dealkylation sites (tertiary alicyclic amines) is 1. The SMILES string of the molecule is C=C1/C(=C/c2ccc3c(c2)OCc2nc(C)cn2-3)CCCN1C(CO)(ON)C1C=C(F)C=C(F)C1. The van der Waals surface area contributed by atoms with E-state index in [2.05, 4.69) is 11.6 Å². The van der Waals surface area contributed by atoms with E-state index in [1.165, 1.54) is 6.08 Å². The van der Waals surface area contributed by atoms with Gasteiger partial charge in [-0.2, -0.15) is 0 Å². The number of halogens is 2. The van der Waals surface area contributed by atoms with E-state index in [-0.39, 0.29) is 6.42 Å². The molecule has 1 aromatic carbocycles. The van der Waals surface area contributed by atoms with Crippen LogP contribution in [0.1, 0.15) is 36.3 Å². The minimum absolute atomic E-state index is 0.133. The predicted molar refractivity (Wildman–Crippen MR) is 127 cm³/mol. The van der Waals surface area contributed by atoms with Crippen LogP contribution in [0.15, 0.2) is 66.1 Å². The van der Waals surface area contributed by atoms with Gasteiger partial charge < -0.3 is 14.7 Å². The molecule has 2 unspecified atom stereocenters. The average Bonchev–Trinajstić information content (AvgIpc) is 3.22. The molecule has 0 amide bonds. The standard InChI is InChI=1S/C26H28F2N4O3/c1-16-13-31-23-6-5-18(9-24(23)34-14-25(31)30-16)8-19-4-3-7-32(17(19)2)26(15-33,35-29)20-10-21(27)12-22(28)11-20/h5-6,8-10,12-13,20,33H,2-4,7,11,14-15,29H2,1H3/b19-8+. The molecule has 1 fully saturated rings. The summed E-state index contributed by atoms with van der Waals surface area (Å²) in [5.41, 5.74) is 2.73. The largest absolute Gasteiger partial charge is 0.483 e. The maximum atomic E-state index is 14.1. The van der Waals surface area contributed by atoms with Gasteiger partial charge in [-0.3, -0.25) is 9.40 Å². The lowest BCUT2D eigenvalue weighted by Gasteiger charge is -2.49. The highest BCUT2D eigenvalue weighted by molar-refractivity contribution is 5.63. The fourth-order valence-corrected chi connectivity index (χ4v) is 5.19. The van der Waals surface area contributed by atoms with E-state index in [0.29, 0.717) is 18.8 Å².